The highest BCUT2D eigenvalue weighted by Crippen LogP contribution is 2.28. The van der Waals surface area contributed by atoms with Gasteiger partial charge in [0.1, 0.15) is 0 Å². The van der Waals surface area contributed by atoms with Crippen molar-refractivity contribution in [2.45, 2.75) is 26.1 Å². The lowest BCUT2D eigenvalue weighted by molar-refractivity contribution is -0.138. The van der Waals surface area contributed by atoms with Gasteiger partial charge >= 0.3 is 6.18 Å². The lowest BCUT2D eigenvalue weighted by Crippen LogP contribution is -2.49. The molecule has 3 aromatic heterocycles. The van der Waals surface area contributed by atoms with Gasteiger partial charge in [-0.3, -0.25) is 14.3 Å². The topological polar surface area (TPSA) is 122 Å². The van der Waals surface area contributed by atoms with Crippen LogP contribution in [0.2, 0.25) is 0 Å². The summed E-state index contributed by atoms with van der Waals surface area (Å²) in [7, 11) is 0. The fourth-order valence-corrected chi connectivity index (χ4v) is 3.75. The van der Waals surface area contributed by atoms with Crippen LogP contribution in [-0.4, -0.2) is 80.1 Å². The summed E-state index contributed by atoms with van der Waals surface area (Å²) in [5.41, 5.74) is 0.0366. The first kappa shape index (κ1) is 23.6. The minimum absolute atomic E-state index is 0.0656. The number of H-pyrrole nitrogens is 1. The molecule has 4 heterocycles. The number of aryl methyl sites for hydroxylation is 1. The van der Waals surface area contributed by atoms with Crippen LogP contribution in [0.1, 0.15) is 17.7 Å². The van der Waals surface area contributed by atoms with Gasteiger partial charge in [0.2, 0.25) is 11.9 Å². The summed E-state index contributed by atoms with van der Waals surface area (Å²) < 4.78 is 45.2. The van der Waals surface area contributed by atoms with Crippen molar-refractivity contribution in [3.05, 3.63) is 40.2 Å². The maximum Gasteiger partial charge on any atom is 0.419 e. The van der Waals surface area contributed by atoms with Crippen molar-refractivity contribution in [2.75, 3.05) is 44.3 Å². The molecule has 182 valence electrons. The van der Waals surface area contributed by atoms with Crippen LogP contribution in [0.25, 0.3) is 10.9 Å². The van der Waals surface area contributed by atoms with Crippen LogP contribution in [-0.2, 0) is 22.3 Å². The number of hydrogen-bond acceptors (Lipinski definition) is 8. The van der Waals surface area contributed by atoms with Gasteiger partial charge in [0.05, 0.1) is 54.5 Å². The minimum atomic E-state index is -4.48. The molecule has 0 aliphatic carbocycles. The van der Waals surface area contributed by atoms with E-state index in [9.17, 15) is 22.8 Å². The number of fused-ring (bicyclic) bond motifs is 1. The number of rotatable bonds is 7. The Morgan fingerprint density at radius 3 is 2.50 bits per heavy atom. The second kappa shape index (κ2) is 9.75. The van der Waals surface area contributed by atoms with Gasteiger partial charge in [-0.2, -0.15) is 23.4 Å². The predicted molar refractivity (Wildman–Crippen MR) is 114 cm³/mol. The van der Waals surface area contributed by atoms with Crippen molar-refractivity contribution in [3.8, 4) is 0 Å². The molecule has 1 saturated heterocycles. The van der Waals surface area contributed by atoms with Gasteiger partial charge in [0, 0.05) is 38.6 Å². The molecular weight excluding hydrogens is 457 g/mol. The summed E-state index contributed by atoms with van der Waals surface area (Å²) in [5, 5.41) is 11.0. The number of hydrogen-bond donors (Lipinski definition) is 1. The Labute approximate surface area is 191 Å². The lowest BCUT2D eigenvalue weighted by Gasteiger charge is -2.34. The Morgan fingerprint density at radius 2 is 1.82 bits per heavy atom. The van der Waals surface area contributed by atoms with Gasteiger partial charge in [-0.05, 0) is 6.92 Å². The Bertz CT molecular complexity index is 1200. The molecule has 14 heteroatoms. The quantitative estimate of drug-likeness (QED) is 0.497. The number of aromatic amines is 1. The van der Waals surface area contributed by atoms with Gasteiger partial charge in [-0.1, -0.05) is 0 Å². The van der Waals surface area contributed by atoms with Gasteiger partial charge in [0.15, 0.2) is 0 Å². The number of piperazine rings is 1. The molecule has 1 aliphatic rings. The van der Waals surface area contributed by atoms with E-state index in [4.69, 9.17) is 4.74 Å². The smallest absolute Gasteiger partial charge is 0.379 e. The van der Waals surface area contributed by atoms with E-state index in [1.807, 2.05) is 0 Å². The summed E-state index contributed by atoms with van der Waals surface area (Å²) in [6.07, 6.45) is -1.21. The Hall–Kier alpha value is -3.55. The molecule has 0 spiro atoms. The summed E-state index contributed by atoms with van der Waals surface area (Å²) in [4.78, 5) is 35.4. The number of alkyl halides is 3. The normalized spacial score (nSPS) is 14.7. The highest BCUT2D eigenvalue weighted by Gasteiger charge is 2.32. The number of amides is 1. The SMILES string of the molecule is Cc1nn(CCOCCC(=O)N2CCN(c3ncc(C(F)(F)F)cn3)CC2)c2cn[nH]c(=O)c12. The third-order valence-corrected chi connectivity index (χ3v) is 5.54. The second-order valence-electron chi connectivity index (χ2n) is 7.77. The maximum absolute atomic E-state index is 12.6. The van der Waals surface area contributed by atoms with E-state index in [1.54, 1.807) is 21.4 Å². The van der Waals surface area contributed by atoms with Crippen molar-refractivity contribution < 1.29 is 22.7 Å². The Morgan fingerprint density at radius 1 is 1.12 bits per heavy atom. The van der Waals surface area contributed by atoms with Gasteiger partial charge in [-0.25, -0.2) is 15.1 Å². The molecule has 0 unspecified atom stereocenters. The molecule has 3 aromatic rings. The number of nitrogens with zero attached hydrogens (tertiary/aromatic N) is 7. The minimum Gasteiger partial charge on any atom is -0.379 e. The van der Waals surface area contributed by atoms with Crippen LogP contribution in [0.4, 0.5) is 19.1 Å². The first-order valence-electron chi connectivity index (χ1n) is 10.6. The van der Waals surface area contributed by atoms with E-state index in [0.717, 1.165) is 12.4 Å². The van der Waals surface area contributed by atoms with Crippen molar-refractivity contribution in [1.29, 1.82) is 0 Å². The van der Waals surface area contributed by atoms with Crippen molar-refractivity contribution in [1.82, 2.24) is 34.8 Å². The number of carbonyl (C=O) groups is 1. The van der Waals surface area contributed by atoms with Crippen molar-refractivity contribution in [2.24, 2.45) is 0 Å². The molecule has 4 rings (SSSR count). The van der Waals surface area contributed by atoms with E-state index in [-0.39, 0.29) is 30.4 Å². The van der Waals surface area contributed by atoms with Crippen molar-refractivity contribution in [3.63, 3.8) is 0 Å². The number of anilines is 1. The van der Waals surface area contributed by atoms with Crippen LogP contribution >= 0.6 is 0 Å². The lowest BCUT2D eigenvalue weighted by atomic mass is 10.3. The molecular formula is C20H23F3N8O3. The van der Waals surface area contributed by atoms with E-state index in [2.05, 4.69) is 25.3 Å². The van der Waals surface area contributed by atoms with E-state index >= 15 is 0 Å². The van der Waals surface area contributed by atoms with E-state index in [0.29, 0.717) is 55.9 Å². The molecule has 0 radical (unpaired) electrons. The molecule has 11 nitrogen and oxygen atoms in total. The number of ether oxygens (including phenoxy) is 1. The highest BCUT2D eigenvalue weighted by atomic mass is 19.4. The Kier molecular flexibility index (Phi) is 6.77. The molecule has 1 amide bonds. The average molecular weight is 480 g/mol. The molecule has 0 aromatic carbocycles. The monoisotopic (exact) mass is 480 g/mol. The number of halogens is 3. The van der Waals surface area contributed by atoms with Crippen LogP contribution in [0.15, 0.2) is 23.4 Å². The molecule has 0 saturated carbocycles. The summed E-state index contributed by atoms with van der Waals surface area (Å²) in [6.45, 7) is 4.40. The molecule has 1 N–H and O–H groups in total. The zero-order valence-electron chi connectivity index (χ0n) is 18.4. The van der Waals surface area contributed by atoms with E-state index in [1.165, 1.54) is 6.20 Å². The molecule has 1 aliphatic heterocycles. The summed E-state index contributed by atoms with van der Waals surface area (Å²) >= 11 is 0. The average Bonchev–Trinajstić information content (AvgIpc) is 3.15. The van der Waals surface area contributed by atoms with Crippen molar-refractivity contribution >= 4 is 22.8 Å². The van der Waals surface area contributed by atoms with Crippen LogP contribution < -0.4 is 10.5 Å². The Balaban J connectivity index is 1.19. The van der Waals surface area contributed by atoms with Gasteiger partial charge < -0.3 is 14.5 Å². The first-order valence-corrected chi connectivity index (χ1v) is 10.6. The first-order chi connectivity index (χ1) is 16.2. The number of aromatic nitrogens is 6. The molecule has 0 atom stereocenters. The largest absolute Gasteiger partial charge is 0.419 e. The number of carbonyl (C=O) groups excluding carboxylic acids is 1. The maximum atomic E-state index is 12.6. The molecule has 1 fully saturated rings. The van der Waals surface area contributed by atoms with Crippen LogP contribution in [0.5, 0.6) is 0 Å². The van der Waals surface area contributed by atoms with Gasteiger partial charge in [0.25, 0.3) is 5.56 Å². The van der Waals surface area contributed by atoms with Crippen LogP contribution in [0.3, 0.4) is 0 Å². The van der Waals surface area contributed by atoms with Crippen LogP contribution in [0, 0.1) is 6.92 Å². The fraction of sp³-hybridized carbons (Fsp3) is 0.500. The molecule has 0 bridgehead atoms. The fourth-order valence-electron chi connectivity index (χ4n) is 3.75. The number of nitrogens with one attached hydrogen (secondary N) is 1. The predicted octanol–water partition coefficient (Wildman–Crippen LogP) is 0.992. The molecule has 34 heavy (non-hydrogen) atoms. The summed E-state index contributed by atoms with van der Waals surface area (Å²) in [6, 6.07) is 0. The van der Waals surface area contributed by atoms with E-state index < -0.39 is 11.7 Å². The summed E-state index contributed by atoms with van der Waals surface area (Å²) in [5.74, 6) is 0.145. The van der Waals surface area contributed by atoms with Gasteiger partial charge in [-0.15, -0.1) is 0 Å². The third-order valence-electron chi connectivity index (χ3n) is 5.54. The standard InChI is InChI=1S/C20H23F3N8O3/c1-13-17-15(12-26-27-18(17)33)31(28-13)7-9-34-8-2-16(32)29-3-5-30(6-4-29)19-24-10-14(11-25-19)20(21,22)23/h10-12H,2-9H2,1H3,(H,27,33). The second-order valence-corrected chi connectivity index (χ2v) is 7.77. The zero-order valence-corrected chi connectivity index (χ0v) is 18.4. The third kappa shape index (κ3) is 5.16. The highest BCUT2D eigenvalue weighted by molar-refractivity contribution is 5.79. The zero-order chi connectivity index (χ0) is 24.3.